The van der Waals surface area contributed by atoms with Crippen molar-refractivity contribution in [3.63, 3.8) is 0 Å². The molecule has 1 heterocycles. The third-order valence-corrected chi connectivity index (χ3v) is 2.47. The van der Waals surface area contributed by atoms with Gasteiger partial charge in [-0.1, -0.05) is 0 Å². The third kappa shape index (κ3) is 2.70. The first kappa shape index (κ1) is 12.4. The number of nitrogens with zero attached hydrogens (tertiary/aromatic N) is 2. The van der Waals surface area contributed by atoms with Gasteiger partial charge in [-0.05, 0) is 13.0 Å². The molecule has 1 rings (SSSR count). The van der Waals surface area contributed by atoms with Gasteiger partial charge in [0.05, 0.1) is 30.1 Å². The highest BCUT2D eigenvalue weighted by atomic mass is 16.5. The molecule has 88 valence electrons. The molecule has 1 aromatic heterocycles. The number of nitrogens with two attached hydrogens (primary N) is 1. The van der Waals surface area contributed by atoms with Gasteiger partial charge < -0.3 is 15.4 Å². The maximum Gasteiger partial charge on any atom is 0.256 e. The molecule has 0 bridgehead atoms. The molecule has 2 N–H and O–H groups in total. The van der Waals surface area contributed by atoms with Crippen LogP contribution in [0.5, 0.6) is 0 Å². The zero-order chi connectivity index (χ0) is 12.1. The highest BCUT2D eigenvalue weighted by molar-refractivity contribution is 5.98. The van der Waals surface area contributed by atoms with E-state index < -0.39 is 0 Å². The molecule has 0 aliphatic rings. The number of carbonyl (C=O) groups is 1. The van der Waals surface area contributed by atoms with Crippen LogP contribution < -0.4 is 5.73 Å². The number of ether oxygens (including phenoxy) is 1. The fourth-order valence-corrected chi connectivity index (χ4v) is 1.34. The summed E-state index contributed by atoms with van der Waals surface area (Å²) in [6.45, 7) is 2.41. The van der Waals surface area contributed by atoms with Gasteiger partial charge in [-0.25, -0.2) is 0 Å². The van der Waals surface area contributed by atoms with Crippen molar-refractivity contribution in [1.29, 1.82) is 0 Å². The van der Waals surface area contributed by atoms with Gasteiger partial charge in [0.1, 0.15) is 0 Å². The van der Waals surface area contributed by atoms with Crippen LogP contribution in [0.4, 0.5) is 5.69 Å². The van der Waals surface area contributed by atoms with E-state index in [4.69, 9.17) is 10.5 Å². The van der Waals surface area contributed by atoms with E-state index in [-0.39, 0.29) is 11.9 Å². The SMILES string of the molecule is COCC(C)N(C)C(=O)c1ccncc1N. The fourth-order valence-electron chi connectivity index (χ4n) is 1.34. The normalized spacial score (nSPS) is 12.2. The van der Waals surface area contributed by atoms with Crippen LogP contribution in [0.15, 0.2) is 18.5 Å². The Morgan fingerprint density at radius 2 is 2.38 bits per heavy atom. The van der Waals surface area contributed by atoms with Crippen LogP contribution in [-0.2, 0) is 4.74 Å². The summed E-state index contributed by atoms with van der Waals surface area (Å²) in [5, 5.41) is 0. The zero-order valence-corrected chi connectivity index (χ0v) is 9.80. The fraction of sp³-hybridized carbons (Fsp3) is 0.455. The van der Waals surface area contributed by atoms with Crippen LogP contribution in [0.25, 0.3) is 0 Å². The molecule has 0 aliphatic carbocycles. The number of nitrogen functional groups attached to an aromatic ring is 1. The minimum Gasteiger partial charge on any atom is -0.397 e. The van der Waals surface area contributed by atoms with Gasteiger partial charge in [-0.3, -0.25) is 9.78 Å². The summed E-state index contributed by atoms with van der Waals surface area (Å²) in [7, 11) is 3.33. The Morgan fingerprint density at radius 3 is 2.94 bits per heavy atom. The van der Waals surface area contributed by atoms with Gasteiger partial charge in [-0.15, -0.1) is 0 Å². The molecule has 0 fully saturated rings. The summed E-state index contributed by atoms with van der Waals surface area (Å²) in [4.78, 5) is 17.5. The predicted molar refractivity (Wildman–Crippen MR) is 62.1 cm³/mol. The van der Waals surface area contributed by atoms with E-state index in [1.807, 2.05) is 6.92 Å². The lowest BCUT2D eigenvalue weighted by atomic mass is 10.2. The van der Waals surface area contributed by atoms with E-state index >= 15 is 0 Å². The summed E-state index contributed by atoms with van der Waals surface area (Å²) in [6, 6.07) is 1.62. The number of rotatable bonds is 4. The first-order valence-electron chi connectivity index (χ1n) is 5.03. The molecule has 1 aromatic rings. The second-order valence-corrected chi connectivity index (χ2v) is 3.68. The highest BCUT2D eigenvalue weighted by Crippen LogP contribution is 2.12. The van der Waals surface area contributed by atoms with Crippen LogP contribution >= 0.6 is 0 Å². The lowest BCUT2D eigenvalue weighted by Crippen LogP contribution is -2.38. The van der Waals surface area contributed by atoms with Gasteiger partial charge in [0.25, 0.3) is 5.91 Å². The second-order valence-electron chi connectivity index (χ2n) is 3.68. The minimum absolute atomic E-state index is 0.00469. The number of aromatic nitrogens is 1. The molecule has 0 saturated carbocycles. The summed E-state index contributed by atoms with van der Waals surface area (Å²) >= 11 is 0. The molecular formula is C11H17N3O2. The van der Waals surface area contributed by atoms with E-state index in [9.17, 15) is 4.79 Å². The van der Waals surface area contributed by atoms with Crippen molar-refractivity contribution in [3.8, 4) is 0 Å². The van der Waals surface area contributed by atoms with Gasteiger partial charge in [0.2, 0.25) is 0 Å². The zero-order valence-electron chi connectivity index (χ0n) is 9.80. The Hall–Kier alpha value is -1.62. The molecule has 0 aliphatic heterocycles. The Bertz CT molecular complexity index is 368. The van der Waals surface area contributed by atoms with Crippen molar-refractivity contribution in [1.82, 2.24) is 9.88 Å². The molecule has 16 heavy (non-hydrogen) atoms. The van der Waals surface area contributed by atoms with Gasteiger partial charge in [0, 0.05) is 20.4 Å². The van der Waals surface area contributed by atoms with Crippen molar-refractivity contribution in [2.75, 3.05) is 26.5 Å². The molecule has 5 heteroatoms. The van der Waals surface area contributed by atoms with Gasteiger partial charge in [0.15, 0.2) is 0 Å². The topological polar surface area (TPSA) is 68.5 Å². The molecule has 1 unspecified atom stereocenters. The Morgan fingerprint density at radius 1 is 1.69 bits per heavy atom. The molecule has 1 atom stereocenters. The standard InChI is InChI=1S/C11H17N3O2/c1-8(7-16-3)14(2)11(15)9-4-5-13-6-10(9)12/h4-6,8H,7,12H2,1-3H3. The van der Waals surface area contributed by atoms with Gasteiger partial charge in [-0.2, -0.15) is 0 Å². The Kier molecular flexibility index (Phi) is 4.25. The molecule has 1 amide bonds. The van der Waals surface area contributed by atoms with E-state index in [2.05, 4.69) is 4.98 Å². The first-order valence-corrected chi connectivity index (χ1v) is 5.03. The van der Waals surface area contributed by atoms with Crippen LogP contribution in [-0.4, -0.2) is 42.6 Å². The predicted octanol–water partition coefficient (Wildman–Crippen LogP) is 0.771. The van der Waals surface area contributed by atoms with Crippen LogP contribution in [0.3, 0.4) is 0 Å². The number of methoxy groups -OCH3 is 1. The molecule has 0 aromatic carbocycles. The number of carbonyl (C=O) groups excluding carboxylic acids is 1. The van der Waals surface area contributed by atoms with Crippen LogP contribution in [0.2, 0.25) is 0 Å². The Labute approximate surface area is 95.2 Å². The highest BCUT2D eigenvalue weighted by Gasteiger charge is 2.18. The van der Waals surface area contributed by atoms with E-state index in [1.54, 1.807) is 31.3 Å². The van der Waals surface area contributed by atoms with E-state index in [0.717, 1.165) is 0 Å². The minimum atomic E-state index is -0.121. The van der Waals surface area contributed by atoms with Gasteiger partial charge >= 0.3 is 0 Å². The summed E-state index contributed by atoms with van der Waals surface area (Å²) in [6.07, 6.45) is 3.03. The summed E-state index contributed by atoms with van der Waals surface area (Å²) in [5.41, 5.74) is 6.56. The largest absolute Gasteiger partial charge is 0.397 e. The number of anilines is 1. The maximum absolute atomic E-state index is 12.0. The number of amides is 1. The third-order valence-electron chi connectivity index (χ3n) is 2.47. The molecule has 5 nitrogen and oxygen atoms in total. The quantitative estimate of drug-likeness (QED) is 0.818. The number of likely N-dealkylation sites (N-methyl/N-ethyl adjacent to an activating group) is 1. The van der Waals surface area contributed by atoms with Crippen molar-refractivity contribution in [2.24, 2.45) is 0 Å². The first-order chi connectivity index (χ1) is 7.57. The maximum atomic E-state index is 12.0. The van der Waals surface area contributed by atoms with Crippen LogP contribution in [0, 0.1) is 0 Å². The van der Waals surface area contributed by atoms with Crippen molar-refractivity contribution in [3.05, 3.63) is 24.0 Å². The van der Waals surface area contributed by atoms with Crippen LogP contribution in [0.1, 0.15) is 17.3 Å². The molecule has 0 radical (unpaired) electrons. The number of hydrogen-bond donors (Lipinski definition) is 1. The second kappa shape index (κ2) is 5.46. The van der Waals surface area contributed by atoms with E-state index in [1.165, 1.54) is 6.20 Å². The summed E-state index contributed by atoms with van der Waals surface area (Å²) in [5.74, 6) is -0.121. The lowest BCUT2D eigenvalue weighted by molar-refractivity contribution is 0.0634. The average molecular weight is 223 g/mol. The van der Waals surface area contributed by atoms with Crippen molar-refractivity contribution < 1.29 is 9.53 Å². The monoisotopic (exact) mass is 223 g/mol. The number of hydrogen-bond acceptors (Lipinski definition) is 4. The number of pyridine rings is 1. The molecular weight excluding hydrogens is 206 g/mol. The average Bonchev–Trinajstić information content (AvgIpc) is 2.28. The lowest BCUT2D eigenvalue weighted by Gasteiger charge is -2.24. The van der Waals surface area contributed by atoms with Crippen molar-refractivity contribution >= 4 is 11.6 Å². The smallest absolute Gasteiger partial charge is 0.256 e. The Balaban J connectivity index is 2.82. The molecule has 0 spiro atoms. The van der Waals surface area contributed by atoms with E-state index in [0.29, 0.717) is 17.9 Å². The molecule has 0 saturated heterocycles. The van der Waals surface area contributed by atoms with Crippen molar-refractivity contribution in [2.45, 2.75) is 13.0 Å². The summed E-state index contributed by atoms with van der Waals surface area (Å²) < 4.78 is 5.00.